The molecule has 2 aromatic rings. The molecule has 1 saturated carbocycles. The first kappa shape index (κ1) is 12.7. The number of hydrogen-bond donors (Lipinski definition) is 2. The predicted molar refractivity (Wildman–Crippen MR) is 78.6 cm³/mol. The third-order valence-electron chi connectivity index (χ3n) is 3.88. The molecule has 1 aromatic heterocycles. The van der Waals surface area contributed by atoms with Gasteiger partial charge in [-0.3, -0.25) is 4.98 Å². The molecule has 0 unspecified atom stereocenters. The lowest BCUT2D eigenvalue weighted by Gasteiger charge is -2.17. The Bertz CT molecular complexity index is 587. The largest absolute Gasteiger partial charge is 0.393 e. The van der Waals surface area contributed by atoms with Crippen molar-refractivity contribution in [1.29, 1.82) is 0 Å². The van der Waals surface area contributed by atoms with Gasteiger partial charge in [-0.15, -0.1) is 0 Å². The molecule has 3 rings (SSSR count). The Morgan fingerprint density at radius 1 is 1.32 bits per heavy atom. The van der Waals surface area contributed by atoms with Gasteiger partial charge < -0.3 is 10.4 Å². The molecule has 0 aliphatic heterocycles. The summed E-state index contributed by atoms with van der Waals surface area (Å²) in [7, 11) is 0. The molecule has 1 aromatic carbocycles. The molecule has 2 atom stereocenters. The number of aromatic nitrogens is 1. The summed E-state index contributed by atoms with van der Waals surface area (Å²) in [6.45, 7) is 0.808. The number of aliphatic hydroxyl groups is 1. The van der Waals surface area contributed by atoms with Gasteiger partial charge in [-0.2, -0.15) is 0 Å². The molecule has 3 nitrogen and oxygen atoms in total. The van der Waals surface area contributed by atoms with Crippen LogP contribution in [0.25, 0.3) is 10.9 Å². The van der Waals surface area contributed by atoms with Crippen molar-refractivity contribution >= 4 is 28.2 Å². The molecular weight excluding hydrogens is 260 g/mol. The van der Waals surface area contributed by atoms with Crippen molar-refractivity contribution in [3.8, 4) is 0 Å². The van der Waals surface area contributed by atoms with Crippen LogP contribution in [0, 0.1) is 5.92 Å². The number of pyridine rings is 1. The zero-order valence-corrected chi connectivity index (χ0v) is 11.4. The van der Waals surface area contributed by atoms with Crippen LogP contribution in [0.1, 0.15) is 19.3 Å². The molecule has 0 amide bonds. The van der Waals surface area contributed by atoms with E-state index in [0.717, 1.165) is 42.4 Å². The quantitative estimate of drug-likeness (QED) is 0.902. The van der Waals surface area contributed by atoms with Gasteiger partial charge >= 0.3 is 0 Å². The van der Waals surface area contributed by atoms with E-state index in [0.29, 0.717) is 10.9 Å². The summed E-state index contributed by atoms with van der Waals surface area (Å²) in [5, 5.41) is 15.0. The van der Waals surface area contributed by atoms with Crippen molar-refractivity contribution in [2.24, 2.45) is 5.92 Å². The zero-order valence-electron chi connectivity index (χ0n) is 10.6. The third-order valence-corrected chi connectivity index (χ3v) is 4.11. The Kier molecular flexibility index (Phi) is 3.58. The van der Waals surface area contributed by atoms with Gasteiger partial charge in [0.1, 0.15) is 0 Å². The minimum absolute atomic E-state index is 0.157. The van der Waals surface area contributed by atoms with E-state index in [-0.39, 0.29) is 6.10 Å². The van der Waals surface area contributed by atoms with Gasteiger partial charge in [0.2, 0.25) is 0 Å². The van der Waals surface area contributed by atoms with Gasteiger partial charge in [-0.1, -0.05) is 18.0 Å². The number of aliphatic hydroxyl groups excluding tert-OH is 1. The van der Waals surface area contributed by atoms with Gasteiger partial charge in [0.15, 0.2) is 0 Å². The minimum atomic E-state index is -0.157. The summed E-state index contributed by atoms with van der Waals surface area (Å²) in [6, 6.07) is 7.70. The first-order valence-electron chi connectivity index (χ1n) is 6.70. The monoisotopic (exact) mass is 276 g/mol. The normalized spacial score (nSPS) is 22.8. The fourth-order valence-electron chi connectivity index (χ4n) is 2.77. The van der Waals surface area contributed by atoms with Gasteiger partial charge in [0.05, 0.1) is 11.6 Å². The molecular formula is C15H17ClN2O. The van der Waals surface area contributed by atoms with Crippen molar-refractivity contribution in [3.63, 3.8) is 0 Å². The molecule has 0 spiro atoms. The smallest absolute Gasteiger partial charge is 0.0737 e. The molecule has 2 N–H and O–H groups in total. The maximum atomic E-state index is 9.85. The Morgan fingerprint density at radius 2 is 2.21 bits per heavy atom. The van der Waals surface area contributed by atoms with Crippen molar-refractivity contribution in [2.45, 2.75) is 25.4 Å². The number of nitrogens with zero attached hydrogens (tertiary/aromatic N) is 1. The van der Waals surface area contributed by atoms with Crippen LogP contribution in [0.3, 0.4) is 0 Å². The average Bonchev–Trinajstić information content (AvgIpc) is 2.81. The number of nitrogens with one attached hydrogen (secondary N) is 1. The molecule has 1 aliphatic rings. The minimum Gasteiger partial charge on any atom is -0.393 e. The molecule has 1 fully saturated rings. The lowest BCUT2D eigenvalue weighted by atomic mass is 10.1. The molecule has 100 valence electrons. The van der Waals surface area contributed by atoms with E-state index >= 15 is 0 Å². The van der Waals surface area contributed by atoms with Gasteiger partial charge in [-0.25, -0.2) is 0 Å². The predicted octanol–water partition coefficient (Wildman–Crippen LogP) is 3.46. The highest BCUT2D eigenvalue weighted by molar-refractivity contribution is 6.31. The summed E-state index contributed by atoms with van der Waals surface area (Å²) in [5.74, 6) is 0.357. The summed E-state index contributed by atoms with van der Waals surface area (Å²) < 4.78 is 0. The molecule has 1 aliphatic carbocycles. The van der Waals surface area contributed by atoms with Crippen LogP contribution in [0.4, 0.5) is 5.69 Å². The van der Waals surface area contributed by atoms with Crippen LogP contribution in [-0.2, 0) is 0 Å². The van der Waals surface area contributed by atoms with Crippen LogP contribution in [0.15, 0.2) is 30.5 Å². The van der Waals surface area contributed by atoms with E-state index in [2.05, 4.69) is 10.3 Å². The van der Waals surface area contributed by atoms with Crippen molar-refractivity contribution in [3.05, 3.63) is 35.5 Å². The second-order valence-corrected chi connectivity index (χ2v) is 5.60. The van der Waals surface area contributed by atoms with Crippen molar-refractivity contribution < 1.29 is 5.11 Å². The summed E-state index contributed by atoms with van der Waals surface area (Å²) in [4.78, 5) is 4.32. The highest BCUT2D eigenvalue weighted by Crippen LogP contribution is 2.28. The fraction of sp³-hybridized carbons (Fsp3) is 0.400. The first-order chi connectivity index (χ1) is 9.24. The topological polar surface area (TPSA) is 45.1 Å². The summed E-state index contributed by atoms with van der Waals surface area (Å²) in [5.41, 5.74) is 1.95. The number of anilines is 1. The Labute approximate surface area is 117 Å². The van der Waals surface area contributed by atoms with Crippen molar-refractivity contribution in [1.82, 2.24) is 4.98 Å². The number of benzene rings is 1. The Hall–Kier alpha value is -1.32. The number of halogens is 1. The second kappa shape index (κ2) is 5.35. The van der Waals surface area contributed by atoms with Crippen LogP contribution in [0.5, 0.6) is 0 Å². The molecule has 1 heterocycles. The van der Waals surface area contributed by atoms with Crippen LogP contribution < -0.4 is 5.32 Å². The third kappa shape index (κ3) is 2.67. The van der Waals surface area contributed by atoms with Crippen molar-refractivity contribution in [2.75, 3.05) is 11.9 Å². The van der Waals surface area contributed by atoms with Gasteiger partial charge in [0, 0.05) is 34.8 Å². The number of fused-ring (bicyclic) bond motifs is 1. The van der Waals surface area contributed by atoms with Crippen LogP contribution >= 0.6 is 11.6 Å². The zero-order chi connectivity index (χ0) is 13.2. The SMILES string of the molecule is O[C@@H]1CCC[C@@H]1CNc1ccnc2cc(Cl)ccc12. The number of hydrogen-bond acceptors (Lipinski definition) is 3. The standard InChI is InChI=1S/C15H17ClN2O/c16-11-4-5-12-13(6-7-17-14(12)8-11)18-9-10-2-1-3-15(10)19/h4-8,10,15,19H,1-3,9H2,(H,17,18)/t10-,15-/m1/s1. The Balaban J connectivity index is 1.81. The maximum absolute atomic E-state index is 9.85. The highest BCUT2D eigenvalue weighted by Gasteiger charge is 2.24. The average molecular weight is 277 g/mol. The van der Waals surface area contributed by atoms with E-state index in [4.69, 9.17) is 11.6 Å². The Morgan fingerprint density at radius 3 is 3.00 bits per heavy atom. The van der Waals surface area contributed by atoms with E-state index in [1.54, 1.807) is 6.20 Å². The molecule has 0 radical (unpaired) electrons. The fourth-order valence-corrected chi connectivity index (χ4v) is 2.94. The maximum Gasteiger partial charge on any atom is 0.0737 e. The van der Waals surface area contributed by atoms with Crippen LogP contribution in [0.2, 0.25) is 5.02 Å². The van der Waals surface area contributed by atoms with E-state index in [1.807, 2.05) is 24.3 Å². The van der Waals surface area contributed by atoms with Gasteiger partial charge in [0.25, 0.3) is 0 Å². The highest BCUT2D eigenvalue weighted by atomic mass is 35.5. The second-order valence-electron chi connectivity index (χ2n) is 5.16. The molecule has 19 heavy (non-hydrogen) atoms. The van der Waals surface area contributed by atoms with E-state index in [1.165, 1.54) is 0 Å². The molecule has 0 saturated heterocycles. The van der Waals surface area contributed by atoms with Crippen LogP contribution in [-0.4, -0.2) is 22.7 Å². The first-order valence-corrected chi connectivity index (χ1v) is 7.08. The molecule has 0 bridgehead atoms. The summed E-state index contributed by atoms with van der Waals surface area (Å²) >= 11 is 5.98. The van der Waals surface area contributed by atoms with E-state index in [9.17, 15) is 5.11 Å². The van der Waals surface area contributed by atoms with Gasteiger partial charge in [-0.05, 0) is 37.1 Å². The van der Waals surface area contributed by atoms with E-state index < -0.39 is 0 Å². The lowest BCUT2D eigenvalue weighted by molar-refractivity contribution is 0.138. The summed E-state index contributed by atoms with van der Waals surface area (Å²) in [6.07, 6.45) is 4.78. The number of rotatable bonds is 3. The molecule has 4 heteroatoms. The lowest BCUT2D eigenvalue weighted by Crippen LogP contribution is -2.21.